The number of hydrogen-bond acceptors (Lipinski definition) is 5. The first-order chi connectivity index (χ1) is 19.3. The van der Waals surface area contributed by atoms with Crippen LogP contribution < -0.4 is 19.5 Å². The number of rotatable bonds is 9. The van der Waals surface area contributed by atoms with Gasteiger partial charge >= 0.3 is 0 Å². The molecule has 3 aromatic rings. The monoisotopic (exact) mass is 562 g/mol. The molecule has 0 saturated heterocycles. The molecule has 2 fully saturated rings. The zero-order valence-electron chi connectivity index (χ0n) is 23.2. The first-order valence-corrected chi connectivity index (χ1v) is 15.7. The Kier molecular flexibility index (Phi) is 8.64. The van der Waals surface area contributed by atoms with E-state index in [0.717, 1.165) is 61.2 Å². The van der Waals surface area contributed by atoms with Crippen molar-refractivity contribution in [1.29, 1.82) is 0 Å². The molecule has 212 valence electrons. The third-order valence-corrected chi connectivity index (χ3v) is 9.42. The maximum absolute atomic E-state index is 13.2. The van der Waals surface area contributed by atoms with Gasteiger partial charge in [-0.05, 0) is 99.5 Å². The van der Waals surface area contributed by atoms with Crippen molar-refractivity contribution in [3.05, 3.63) is 83.4 Å². The number of anilines is 1. The van der Waals surface area contributed by atoms with E-state index in [-0.39, 0.29) is 28.9 Å². The molecule has 0 bridgehead atoms. The highest BCUT2D eigenvalue weighted by Crippen LogP contribution is 2.39. The summed E-state index contributed by atoms with van der Waals surface area (Å²) in [5.74, 6) is 1.53. The van der Waals surface area contributed by atoms with Gasteiger partial charge in [0, 0.05) is 23.2 Å². The summed E-state index contributed by atoms with van der Waals surface area (Å²) in [6, 6.07) is 19.4. The maximum atomic E-state index is 13.2. The second-order valence-corrected chi connectivity index (χ2v) is 12.6. The third-order valence-electron chi connectivity index (χ3n) is 8.02. The Morgan fingerprint density at radius 3 is 2.20 bits per heavy atom. The van der Waals surface area contributed by atoms with Crippen LogP contribution in [0.2, 0.25) is 0 Å². The standard InChI is InChI=1S/C32H38N2O5S/c1-22-11-18-27(19-12-22)40(36,37)34-25-16-13-23(14-17-25)32(35)33-29-10-6-5-9-28(29)24-15-20-30(38-2)31(21-24)39-26-7-3-4-8-26/h11-21,26,28-29,34H,3-10H2,1-2H3,(H,33,35)/t28-,29-/m1/s1. The topological polar surface area (TPSA) is 93.7 Å². The van der Waals surface area contributed by atoms with Crippen LogP contribution in [0, 0.1) is 6.92 Å². The van der Waals surface area contributed by atoms with Crippen LogP contribution in [0.25, 0.3) is 0 Å². The van der Waals surface area contributed by atoms with Crippen LogP contribution in [-0.4, -0.2) is 33.6 Å². The van der Waals surface area contributed by atoms with Crippen molar-refractivity contribution < 1.29 is 22.7 Å². The molecule has 7 nitrogen and oxygen atoms in total. The van der Waals surface area contributed by atoms with Gasteiger partial charge in [-0.2, -0.15) is 0 Å². The number of methoxy groups -OCH3 is 1. The number of amides is 1. The van der Waals surface area contributed by atoms with E-state index in [2.05, 4.69) is 22.2 Å². The lowest BCUT2D eigenvalue weighted by Gasteiger charge is -2.33. The normalized spacial score (nSPS) is 19.6. The highest BCUT2D eigenvalue weighted by molar-refractivity contribution is 7.92. The largest absolute Gasteiger partial charge is 0.493 e. The number of aryl methyl sites for hydroxylation is 1. The van der Waals surface area contributed by atoms with Crippen molar-refractivity contribution in [3.8, 4) is 11.5 Å². The number of sulfonamides is 1. The van der Waals surface area contributed by atoms with Crippen LogP contribution in [0.5, 0.6) is 11.5 Å². The fourth-order valence-corrected chi connectivity index (χ4v) is 6.84. The summed E-state index contributed by atoms with van der Waals surface area (Å²) in [6.45, 7) is 1.91. The van der Waals surface area contributed by atoms with E-state index in [9.17, 15) is 13.2 Å². The molecule has 0 unspecified atom stereocenters. The zero-order chi connectivity index (χ0) is 28.1. The van der Waals surface area contributed by atoms with Gasteiger partial charge in [0.05, 0.1) is 18.1 Å². The minimum Gasteiger partial charge on any atom is -0.493 e. The molecule has 3 aromatic carbocycles. The van der Waals surface area contributed by atoms with Gasteiger partial charge in [-0.3, -0.25) is 9.52 Å². The summed E-state index contributed by atoms with van der Waals surface area (Å²) >= 11 is 0. The zero-order valence-corrected chi connectivity index (χ0v) is 24.0. The minimum absolute atomic E-state index is 0.00584. The van der Waals surface area contributed by atoms with E-state index in [1.165, 1.54) is 12.8 Å². The first-order valence-electron chi connectivity index (χ1n) is 14.2. The number of hydrogen-bond donors (Lipinski definition) is 2. The van der Waals surface area contributed by atoms with Gasteiger partial charge in [-0.15, -0.1) is 0 Å². The lowest BCUT2D eigenvalue weighted by molar-refractivity contribution is 0.0920. The van der Waals surface area contributed by atoms with Gasteiger partial charge in [0.1, 0.15) is 0 Å². The summed E-state index contributed by atoms with van der Waals surface area (Å²) in [4.78, 5) is 13.4. The molecule has 0 radical (unpaired) electrons. The molecule has 40 heavy (non-hydrogen) atoms. The van der Waals surface area contributed by atoms with E-state index in [0.29, 0.717) is 11.3 Å². The van der Waals surface area contributed by atoms with Crippen molar-refractivity contribution >= 4 is 21.6 Å². The molecule has 0 heterocycles. The lowest BCUT2D eigenvalue weighted by Crippen LogP contribution is -2.41. The molecule has 0 aromatic heterocycles. The second kappa shape index (κ2) is 12.3. The van der Waals surface area contributed by atoms with Gasteiger partial charge in [0.25, 0.3) is 15.9 Å². The first kappa shape index (κ1) is 28.0. The Morgan fingerprint density at radius 2 is 1.50 bits per heavy atom. The molecule has 2 aliphatic carbocycles. The number of benzene rings is 3. The highest BCUT2D eigenvalue weighted by atomic mass is 32.2. The van der Waals surface area contributed by atoms with Crippen LogP contribution >= 0.6 is 0 Å². The predicted octanol–water partition coefficient (Wildman–Crippen LogP) is 6.58. The van der Waals surface area contributed by atoms with E-state index in [1.54, 1.807) is 55.6 Å². The lowest BCUT2D eigenvalue weighted by atomic mass is 9.79. The van der Waals surface area contributed by atoms with Crippen LogP contribution in [0.15, 0.2) is 71.6 Å². The summed E-state index contributed by atoms with van der Waals surface area (Å²) in [5.41, 5.74) is 3.03. The van der Waals surface area contributed by atoms with Gasteiger partial charge in [-0.25, -0.2) is 8.42 Å². The average molecular weight is 563 g/mol. The molecule has 1 amide bonds. The predicted molar refractivity (Wildman–Crippen MR) is 157 cm³/mol. The maximum Gasteiger partial charge on any atom is 0.261 e. The minimum atomic E-state index is -3.71. The number of nitrogens with one attached hydrogen (secondary N) is 2. The van der Waals surface area contributed by atoms with Crippen molar-refractivity contribution in [1.82, 2.24) is 5.32 Å². The summed E-state index contributed by atoms with van der Waals surface area (Å²) in [5, 5.41) is 3.25. The third kappa shape index (κ3) is 6.61. The number of carbonyl (C=O) groups is 1. The van der Waals surface area contributed by atoms with Gasteiger partial charge in [0.15, 0.2) is 11.5 Å². The van der Waals surface area contributed by atoms with Crippen LogP contribution in [0.1, 0.15) is 78.8 Å². The summed E-state index contributed by atoms with van der Waals surface area (Å²) in [6.07, 6.45) is 8.82. The van der Waals surface area contributed by atoms with Crippen molar-refractivity contribution in [2.24, 2.45) is 0 Å². The van der Waals surface area contributed by atoms with E-state index >= 15 is 0 Å². The van der Waals surface area contributed by atoms with Crippen molar-refractivity contribution in [2.45, 2.75) is 81.2 Å². The van der Waals surface area contributed by atoms with E-state index < -0.39 is 10.0 Å². The number of carbonyl (C=O) groups excluding carboxylic acids is 1. The Bertz CT molecular complexity index is 1410. The molecular weight excluding hydrogens is 524 g/mol. The highest BCUT2D eigenvalue weighted by Gasteiger charge is 2.29. The quantitative estimate of drug-likeness (QED) is 0.307. The molecule has 2 aliphatic rings. The summed E-state index contributed by atoms with van der Waals surface area (Å²) in [7, 11) is -2.04. The molecule has 0 aliphatic heterocycles. The van der Waals surface area contributed by atoms with Gasteiger partial charge in [-0.1, -0.05) is 36.6 Å². The van der Waals surface area contributed by atoms with Crippen LogP contribution in [0.4, 0.5) is 5.69 Å². The Balaban J connectivity index is 1.27. The van der Waals surface area contributed by atoms with Gasteiger partial charge in [0.2, 0.25) is 0 Å². The molecule has 5 rings (SSSR count). The fourth-order valence-electron chi connectivity index (χ4n) is 5.78. The molecule has 8 heteroatoms. The average Bonchev–Trinajstić information content (AvgIpc) is 3.47. The molecule has 0 spiro atoms. The summed E-state index contributed by atoms with van der Waals surface area (Å²) < 4.78 is 39.9. The van der Waals surface area contributed by atoms with E-state index in [4.69, 9.17) is 9.47 Å². The fraction of sp³-hybridized carbons (Fsp3) is 0.406. The smallest absolute Gasteiger partial charge is 0.261 e. The second-order valence-electron chi connectivity index (χ2n) is 10.9. The van der Waals surface area contributed by atoms with Crippen molar-refractivity contribution in [2.75, 3.05) is 11.8 Å². The van der Waals surface area contributed by atoms with E-state index in [1.807, 2.05) is 13.0 Å². The molecule has 2 saturated carbocycles. The van der Waals surface area contributed by atoms with Crippen molar-refractivity contribution in [3.63, 3.8) is 0 Å². The molecular formula is C32H38N2O5S. The van der Waals surface area contributed by atoms with Gasteiger partial charge < -0.3 is 14.8 Å². The van der Waals surface area contributed by atoms with Crippen LogP contribution in [-0.2, 0) is 10.0 Å². The number of ether oxygens (including phenoxy) is 2. The van der Waals surface area contributed by atoms with Crippen LogP contribution in [0.3, 0.4) is 0 Å². The Labute approximate surface area is 237 Å². The molecule has 2 atom stereocenters. The molecule has 2 N–H and O–H groups in total. The Hall–Kier alpha value is -3.52. The Morgan fingerprint density at radius 1 is 0.825 bits per heavy atom. The SMILES string of the molecule is COc1ccc([C@H]2CCCC[C@H]2NC(=O)c2ccc(NS(=O)(=O)c3ccc(C)cc3)cc2)cc1OC1CCCC1.